The third-order valence-corrected chi connectivity index (χ3v) is 4.51. The van der Waals surface area contributed by atoms with Gasteiger partial charge in [0.1, 0.15) is 0 Å². The van der Waals surface area contributed by atoms with E-state index >= 15 is 0 Å². The van der Waals surface area contributed by atoms with Crippen LogP contribution in [-0.2, 0) is 11.3 Å². The minimum Gasteiger partial charge on any atom is -0.397 e. The predicted octanol–water partition coefficient (Wildman–Crippen LogP) is 3.30. The maximum atomic E-state index is 6.18. The Kier molecular flexibility index (Phi) is 3.46. The second kappa shape index (κ2) is 5.26. The van der Waals surface area contributed by atoms with E-state index in [4.69, 9.17) is 15.5 Å². The largest absolute Gasteiger partial charge is 0.397 e. The van der Waals surface area contributed by atoms with E-state index < -0.39 is 0 Å². The molecule has 0 aliphatic heterocycles. The topological polar surface area (TPSA) is 53.1 Å². The average molecular weight is 287 g/mol. The molecule has 3 rings (SSSR count). The Morgan fingerprint density at radius 2 is 2.15 bits per heavy atom. The molecular formula is C15H17N3OS. The molecule has 0 bridgehead atoms. The number of benzene rings is 1. The number of methoxy groups -OCH3 is 1. The number of imidazole rings is 1. The molecule has 0 spiro atoms. The SMILES string of the molecule is COCCn1c(-c2scc(C)c2N)nc2ccccc21. The van der Waals surface area contributed by atoms with Gasteiger partial charge in [-0.05, 0) is 30.0 Å². The zero-order valence-electron chi connectivity index (χ0n) is 11.6. The van der Waals surface area contributed by atoms with E-state index in [2.05, 4.69) is 16.0 Å². The Hall–Kier alpha value is -1.85. The number of fused-ring (bicyclic) bond motifs is 1. The summed E-state index contributed by atoms with van der Waals surface area (Å²) in [5.74, 6) is 0.929. The highest BCUT2D eigenvalue weighted by Crippen LogP contribution is 2.35. The molecule has 0 saturated heterocycles. The first kappa shape index (κ1) is 13.1. The van der Waals surface area contributed by atoms with Crippen LogP contribution in [0.4, 0.5) is 5.69 Å². The molecule has 2 heterocycles. The molecule has 0 aliphatic carbocycles. The lowest BCUT2D eigenvalue weighted by molar-refractivity contribution is 0.188. The van der Waals surface area contributed by atoms with E-state index in [0.717, 1.165) is 39.5 Å². The smallest absolute Gasteiger partial charge is 0.153 e. The molecule has 2 aromatic heterocycles. The van der Waals surface area contributed by atoms with Crippen molar-refractivity contribution in [2.24, 2.45) is 0 Å². The number of hydrogen-bond acceptors (Lipinski definition) is 4. The van der Waals surface area contributed by atoms with Crippen LogP contribution in [0.2, 0.25) is 0 Å². The number of aromatic nitrogens is 2. The summed E-state index contributed by atoms with van der Waals surface area (Å²) in [6, 6.07) is 8.14. The molecule has 4 nitrogen and oxygen atoms in total. The lowest BCUT2D eigenvalue weighted by atomic mass is 10.3. The highest BCUT2D eigenvalue weighted by molar-refractivity contribution is 7.14. The van der Waals surface area contributed by atoms with Gasteiger partial charge >= 0.3 is 0 Å². The lowest BCUT2D eigenvalue weighted by Crippen LogP contribution is -2.06. The summed E-state index contributed by atoms with van der Waals surface area (Å²) in [5.41, 5.74) is 10.2. The van der Waals surface area contributed by atoms with Crippen LogP contribution in [0.5, 0.6) is 0 Å². The fourth-order valence-corrected chi connectivity index (χ4v) is 3.26. The number of nitrogens with two attached hydrogens (primary N) is 1. The van der Waals surface area contributed by atoms with E-state index in [-0.39, 0.29) is 0 Å². The van der Waals surface area contributed by atoms with Gasteiger partial charge in [0.25, 0.3) is 0 Å². The first-order valence-corrected chi connectivity index (χ1v) is 7.38. The summed E-state index contributed by atoms with van der Waals surface area (Å²) in [5, 5.41) is 2.07. The second-order valence-corrected chi connectivity index (χ2v) is 5.61. The minimum atomic E-state index is 0.650. The van der Waals surface area contributed by atoms with Crippen LogP contribution < -0.4 is 5.73 Å². The molecule has 0 unspecified atom stereocenters. The number of anilines is 1. The van der Waals surface area contributed by atoms with Gasteiger partial charge in [-0.25, -0.2) is 4.98 Å². The van der Waals surface area contributed by atoms with Gasteiger partial charge in [0.05, 0.1) is 28.2 Å². The summed E-state index contributed by atoms with van der Waals surface area (Å²) >= 11 is 1.64. The quantitative estimate of drug-likeness (QED) is 0.801. The van der Waals surface area contributed by atoms with Gasteiger partial charge in [-0.3, -0.25) is 0 Å². The minimum absolute atomic E-state index is 0.650. The Labute approximate surface area is 121 Å². The van der Waals surface area contributed by atoms with Crippen molar-refractivity contribution in [3.8, 4) is 10.7 Å². The Morgan fingerprint density at radius 3 is 2.85 bits per heavy atom. The molecule has 2 N–H and O–H groups in total. The van der Waals surface area contributed by atoms with Gasteiger partial charge in [-0.15, -0.1) is 11.3 Å². The van der Waals surface area contributed by atoms with Crippen molar-refractivity contribution in [1.29, 1.82) is 0 Å². The van der Waals surface area contributed by atoms with Gasteiger partial charge in [-0.1, -0.05) is 12.1 Å². The molecule has 104 valence electrons. The van der Waals surface area contributed by atoms with Crippen molar-refractivity contribution in [2.75, 3.05) is 19.5 Å². The first-order valence-electron chi connectivity index (χ1n) is 6.50. The normalized spacial score (nSPS) is 11.3. The molecular weight excluding hydrogens is 270 g/mol. The van der Waals surface area contributed by atoms with Gasteiger partial charge in [0.2, 0.25) is 0 Å². The maximum Gasteiger partial charge on any atom is 0.153 e. The lowest BCUT2D eigenvalue weighted by Gasteiger charge is -2.08. The van der Waals surface area contributed by atoms with Crippen molar-refractivity contribution in [1.82, 2.24) is 9.55 Å². The van der Waals surface area contributed by atoms with Crippen LogP contribution in [0.1, 0.15) is 5.56 Å². The van der Waals surface area contributed by atoms with Gasteiger partial charge in [0.15, 0.2) is 5.82 Å². The number of para-hydroxylation sites is 2. The standard InChI is InChI=1S/C15H17N3OS/c1-10-9-20-14(13(10)16)15-17-11-5-3-4-6-12(11)18(15)7-8-19-2/h3-6,9H,7-8,16H2,1-2H3. The molecule has 5 heteroatoms. The van der Waals surface area contributed by atoms with Crippen LogP contribution in [0, 0.1) is 6.92 Å². The zero-order chi connectivity index (χ0) is 14.1. The Bertz CT molecular complexity index is 745. The highest BCUT2D eigenvalue weighted by atomic mass is 32.1. The Morgan fingerprint density at radius 1 is 1.35 bits per heavy atom. The van der Waals surface area contributed by atoms with Crippen molar-refractivity contribution >= 4 is 28.1 Å². The van der Waals surface area contributed by atoms with E-state index in [1.54, 1.807) is 18.4 Å². The predicted molar refractivity (Wildman–Crippen MR) is 84.1 cm³/mol. The number of hydrogen-bond donors (Lipinski definition) is 1. The van der Waals surface area contributed by atoms with Crippen molar-refractivity contribution in [3.05, 3.63) is 35.2 Å². The molecule has 1 aromatic carbocycles. The molecule has 20 heavy (non-hydrogen) atoms. The van der Waals surface area contributed by atoms with Gasteiger partial charge < -0.3 is 15.0 Å². The molecule has 0 saturated carbocycles. The Balaban J connectivity index is 2.20. The maximum absolute atomic E-state index is 6.18. The summed E-state index contributed by atoms with van der Waals surface area (Å²) < 4.78 is 7.39. The van der Waals surface area contributed by atoms with E-state index in [1.807, 2.05) is 25.1 Å². The number of rotatable bonds is 4. The van der Waals surface area contributed by atoms with Crippen LogP contribution >= 0.6 is 11.3 Å². The number of aryl methyl sites for hydroxylation is 1. The fourth-order valence-electron chi connectivity index (χ4n) is 2.28. The molecule has 3 aromatic rings. The molecule has 0 radical (unpaired) electrons. The fraction of sp³-hybridized carbons (Fsp3) is 0.267. The third-order valence-electron chi connectivity index (χ3n) is 3.40. The molecule has 0 fully saturated rings. The second-order valence-electron chi connectivity index (χ2n) is 4.73. The van der Waals surface area contributed by atoms with Gasteiger partial charge in [0, 0.05) is 13.7 Å². The summed E-state index contributed by atoms with van der Waals surface area (Å²) in [4.78, 5) is 5.78. The van der Waals surface area contributed by atoms with Crippen molar-refractivity contribution in [3.63, 3.8) is 0 Å². The van der Waals surface area contributed by atoms with Crippen LogP contribution in [0.3, 0.4) is 0 Å². The molecule has 0 amide bonds. The highest BCUT2D eigenvalue weighted by Gasteiger charge is 2.16. The number of nitrogen functional groups attached to an aromatic ring is 1. The van der Waals surface area contributed by atoms with E-state index in [9.17, 15) is 0 Å². The first-order chi connectivity index (χ1) is 9.72. The number of ether oxygens (including phenoxy) is 1. The summed E-state index contributed by atoms with van der Waals surface area (Å²) in [6.07, 6.45) is 0. The summed E-state index contributed by atoms with van der Waals surface area (Å²) in [6.45, 7) is 3.44. The third kappa shape index (κ3) is 2.09. The average Bonchev–Trinajstić information content (AvgIpc) is 2.98. The molecule has 0 atom stereocenters. The van der Waals surface area contributed by atoms with E-state index in [0.29, 0.717) is 6.61 Å². The number of thiophene rings is 1. The van der Waals surface area contributed by atoms with Crippen molar-refractivity contribution in [2.45, 2.75) is 13.5 Å². The number of nitrogens with zero attached hydrogens (tertiary/aromatic N) is 2. The van der Waals surface area contributed by atoms with Crippen LogP contribution in [-0.4, -0.2) is 23.3 Å². The monoisotopic (exact) mass is 287 g/mol. The molecule has 0 aliphatic rings. The van der Waals surface area contributed by atoms with Crippen LogP contribution in [0.25, 0.3) is 21.7 Å². The van der Waals surface area contributed by atoms with Gasteiger partial charge in [-0.2, -0.15) is 0 Å². The summed E-state index contributed by atoms with van der Waals surface area (Å²) in [7, 11) is 1.71. The van der Waals surface area contributed by atoms with E-state index in [1.165, 1.54) is 0 Å². The van der Waals surface area contributed by atoms with Crippen LogP contribution in [0.15, 0.2) is 29.6 Å². The zero-order valence-corrected chi connectivity index (χ0v) is 12.4. The van der Waals surface area contributed by atoms with Crippen molar-refractivity contribution < 1.29 is 4.74 Å².